The Morgan fingerprint density at radius 2 is 2.12 bits per heavy atom. The summed E-state index contributed by atoms with van der Waals surface area (Å²) in [5.74, 6) is -1.36. The van der Waals surface area contributed by atoms with Gasteiger partial charge in [-0.1, -0.05) is 34.1 Å². The van der Waals surface area contributed by atoms with E-state index < -0.39 is 18.6 Å². The van der Waals surface area contributed by atoms with Crippen LogP contribution in [0.2, 0.25) is 0 Å². The summed E-state index contributed by atoms with van der Waals surface area (Å²) >= 11 is 3.38. The molecule has 0 saturated heterocycles. The van der Waals surface area contributed by atoms with Gasteiger partial charge < -0.3 is 5.11 Å². The Kier molecular flexibility index (Phi) is 5.46. The first-order chi connectivity index (χ1) is 7.65. The van der Waals surface area contributed by atoms with E-state index in [1.54, 1.807) is 0 Å². The molecule has 2 nitrogen and oxygen atoms in total. The van der Waals surface area contributed by atoms with Crippen LogP contribution in [0.5, 0.6) is 0 Å². The molecule has 0 radical (unpaired) electrons. The van der Waals surface area contributed by atoms with Gasteiger partial charge in [0.25, 0.3) is 0 Å². The van der Waals surface area contributed by atoms with Gasteiger partial charge in [0.2, 0.25) is 0 Å². The van der Waals surface area contributed by atoms with Crippen molar-refractivity contribution in [2.24, 2.45) is 5.92 Å². The molecule has 1 rings (SSSR count). The second-order valence-electron chi connectivity index (χ2n) is 3.66. The van der Waals surface area contributed by atoms with Crippen molar-refractivity contribution in [3.63, 3.8) is 0 Å². The van der Waals surface area contributed by atoms with Crippen molar-refractivity contribution >= 4 is 21.9 Å². The van der Waals surface area contributed by atoms with Gasteiger partial charge in [0.1, 0.15) is 0 Å². The second kappa shape index (κ2) is 6.63. The van der Waals surface area contributed by atoms with Crippen LogP contribution >= 0.6 is 15.9 Å². The Balaban J connectivity index is 2.68. The Hall–Kier alpha value is -0.900. The third-order valence-electron chi connectivity index (χ3n) is 2.46. The van der Waals surface area contributed by atoms with Gasteiger partial charge in [0, 0.05) is 4.47 Å². The van der Waals surface area contributed by atoms with Crippen LogP contribution in [0.3, 0.4) is 0 Å². The van der Waals surface area contributed by atoms with Crippen molar-refractivity contribution in [2.45, 2.75) is 19.3 Å². The molecule has 0 aliphatic heterocycles. The molecule has 0 saturated carbocycles. The quantitative estimate of drug-likeness (QED) is 0.871. The number of carbonyl (C=O) groups is 1. The number of rotatable bonds is 6. The Morgan fingerprint density at radius 3 is 2.69 bits per heavy atom. The lowest BCUT2D eigenvalue weighted by Gasteiger charge is -2.12. The lowest BCUT2D eigenvalue weighted by atomic mass is 9.95. The lowest BCUT2D eigenvalue weighted by Crippen LogP contribution is -2.17. The summed E-state index contributed by atoms with van der Waals surface area (Å²) in [6.07, 6.45) is 1.13. The van der Waals surface area contributed by atoms with Crippen LogP contribution in [0.25, 0.3) is 0 Å². The fourth-order valence-corrected chi connectivity index (χ4v) is 2.01. The molecule has 0 aliphatic rings. The predicted molar refractivity (Wildman–Crippen MR) is 64.2 cm³/mol. The van der Waals surface area contributed by atoms with Gasteiger partial charge in [-0.05, 0) is 30.9 Å². The highest BCUT2D eigenvalue weighted by Crippen LogP contribution is 2.21. The van der Waals surface area contributed by atoms with Crippen LogP contribution in [0, 0.1) is 5.92 Å². The number of aliphatic carboxylic acids is 1. The highest BCUT2D eigenvalue weighted by molar-refractivity contribution is 9.10. The van der Waals surface area contributed by atoms with Crippen LogP contribution in [-0.4, -0.2) is 17.8 Å². The van der Waals surface area contributed by atoms with Crippen LogP contribution in [0.4, 0.5) is 4.39 Å². The molecule has 16 heavy (non-hydrogen) atoms. The fourth-order valence-electron chi connectivity index (χ4n) is 1.57. The minimum absolute atomic E-state index is 0.307. The number of hydrogen-bond donors (Lipinski definition) is 1. The molecule has 1 unspecified atom stereocenters. The number of alkyl halides is 1. The molecule has 0 heterocycles. The minimum atomic E-state index is -0.857. The van der Waals surface area contributed by atoms with Gasteiger partial charge in [-0.15, -0.1) is 0 Å². The largest absolute Gasteiger partial charge is 0.481 e. The maximum absolute atomic E-state index is 12.0. The van der Waals surface area contributed by atoms with Gasteiger partial charge in [0.05, 0.1) is 12.6 Å². The summed E-state index contributed by atoms with van der Waals surface area (Å²) in [4.78, 5) is 11.0. The number of hydrogen-bond acceptors (Lipinski definition) is 1. The molecular weight excluding hydrogens is 275 g/mol. The third kappa shape index (κ3) is 3.93. The Bertz CT molecular complexity index is 355. The van der Waals surface area contributed by atoms with E-state index in [0.717, 1.165) is 10.0 Å². The average Bonchev–Trinajstić information content (AvgIpc) is 2.26. The summed E-state index contributed by atoms with van der Waals surface area (Å²) in [7, 11) is 0. The zero-order valence-electron chi connectivity index (χ0n) is 8.83. The number of halogens is 2. The van der Waals surface area contributed by atoms with Crippen LogP contribution < -0.4 is 0 Å². The molecule has 88 valence electrons. The number of carboxylic acids is 1. The Morgan fingerprint density at radius 1 is 1.44 bits per heavy atom. The summed E-state index contributed by atoms with van der Waals surface area (Å²) in [5.41, 5.74) is 0.953. The average molecular weight is 289 g/mol. The first-order valence-corrected chi connectivity index (χ1v) is 5.96. The van der Waals surface area contributed by atoms with E-state index >= 15 is 0 Å². The maximum atomic E-state index is 12.0. The standard InChI is InChI=1S/C12H14BrFO2/c13-11-6-2-1-4-9(11)8-10(12(15)16)5-3-7-14/h1-2,4,6,10H,3,5,7-8H2,(H,15,16). The van der Waals surface area contributed by atoms with E-state index in [9.17, 15) is 9.18 Å². The third-order valence-corrected chi connectivity index (χ3v) is 3.23. The molecule has 4 heteroatoms. The van der Waals surface area contributed by atoms with Gasteiger partial charge in [-0.3, -0.25) is 9.18 Å². The molecule has 0 amide bonds. The molecule has 0 aromatic heterocycles. The Labute approximate surface area is 103 Å². The van der Waals surface area contributed by atoms with E-state index in [4.69, 9.17) is 5.11 Å². The molecule has 0 bridgehead atoms. The molecule has 1 aromatic carbocycles. The van der Waals surface area contributed by atoms with E-state index in [1.165, 1.54) is 0 Å². The SMILES string of the molecule is O=C(O)C(CCCF)Cc1ccccc1Br. The van der Waals surface area contributed by atoms with Gasteiger partial charge in [-0.2, -0.15) is 0 Å². The topological polar surface area (TPSA) is 37.3 Å². The highest BCUT2D eigenvalue weighted by atomic mass is 79.9. The van der Waals surface area contributed by atoms with Crippen molar-refractivity contribution in [2.75, 3.05) is 6.67 Å². The zero-order chi connectivity index (χ0) is 12.0. The molecular formula is C12H14BrFO2. The van der Waals surface area contributed by atoms with E-state index in [0.29, 0.717) is 19.3 Å². The van der Waals surface area contributed by atoms with Gasteiger partial charge in [-0.25, -0.2) is 0 Å². The van der Waals surface area contributed by atoms with Crippen molar-refractivity contribution in [3.05, 3.63) is 34.3 Å². The minimum Gasteiger partial charge on any atom is -0.481 e. The highest BCUT2D eigenvalue weighted by Gasteiger charge is 2.18. The van der Waals surface area contributed by atoms with Crippen molar-refractivity contribution < 1.29 is 14.3 Å². The second-order valence-corrected chi connectivity index (χ2v) is 4.52. The molecule has 1 atom stereocenters. The van der Waals surface area contributed by atoms with Crippen molar-refractivity contribution in [3.8, 4) is 0 Å². The summed E-state index contributed by atoms with van der Waals surface area (Å²) in [6.45, 7) is -0.459. The van der Waals surface area contributed by atoms with Gasteiger partial charge >= 0.3 is 5.97 Å². The first kappa shape index (κ1) is 13.2. The van der Waals surface area contributed by atoms with Crippen LogP contribution in [0.1, 0.15) is 18.4 Å². The predicted octanol–water partition coefficient (Wildman–Crippen LogP) is 3.44. The maximum Gasteiger partial charge on any atom is 0.306 e. The van der Waals surface area contributed by atoms with Gasteiger partial charge in [0.15, 0.2) is 0 Å². The monoisotopic (exact) mass is 288 g/mol. The summed E-state index contributed by atoms with van der Waals surface area (Å²) in [6, 6.07) is 7.51. The van der Waals surface area contributed by atoms with E-state index in [2.05, 4.69) is 15.9 Å². The smallest absolute Gasteiger partial charge is 0.306 e. The molecule has 0 aliphatic carbocycles. The molecule has 1 N–H and O–H groups in total. The van der Waals surface area contributed by atoms with Crippen molar-refractivity contribution in [1.29, 1.82) is 0 Å². The van der Waals surface area contributed by atoms with Crippen LogP contribution in [-0.2, 0) is 11.2 Å². The number of carboxylic acid groups (broad SMARTS) is 1. The summed E-state index contributed by atoms with van der Waals surface area (Å²) in [5, 5.41) is 9.01. The van der Waals surface area contributed by atoms with E-state index in [-0.39, 0.29) is 0 Å². The fraction of sp³-hybridized carbons (Fsp3) is 0.417. The van der Waals surface area contributed by atoms with Crippen molar-refractivity contribution in [1.82, 2.24) is 0 Å². The first-order valence-electron chi connectivity index (χ1n) is 5.17. The molecule has 0 spiro atoms. The number of benzene rings is 1. The normalized spacial score (nSPS) is 12.4. The molecule has 0 fully saturated rings. The zero-order valence-corrected chi connectivity index (χ0v) is 10.4. The molecule has 1 aromatic rings. The lowest BCUT2D eigenvalue weighted by molar-refractivity contribution is -0.142. The van der Waals surface area contributed by atoms with Crippen LogP contribution in [0.15, 0.2) is 28.7 Å². The van der Waals surface area contributed by atoms with E-state index in [1.807, 2.05) is 24.3 Å². The summed E-state index contributed by atoms with van der Waals surface area (Å²) < 4.78 is 12.9.